The van der Waals surface area contributed by atoms with Crippen LogP contribution in [0.1, 0.15) is 18.3 Å². The Balaban J connectivity index is 3.00. The summed E-state index contributed by atoms with van der Waals surface area (Å²) in [6.07, 6.45) is 1.55. The molecule has 0 radical (unpaired) electrons. The molecule has 1 unspecified atom stereocenters. The highest BCUT2D eigenvalue weighted by atomic mass is 16.3. The fraction of sp³-hybridized carbons (Fsp3) is 0.571. The molecule has 4 N–H and O–H groups in total. The molecule has 0 aliphatic heterocycles. The lowest BCUT2D eigenvalue weighted by Crippen LogP contribution is -2.32. The van der Waals surface area contributed by atoms with E-state index in [4.69, 9.17) is 5.73 Å². The van der Waals surface area contributed by atoms with Gasteiger partial charge in [-0.15, -0.1) is 0 Å². The third-order valence-electron chi connectivity index (χ3n) is 1.74. The molecule has 1 atom stereocenters. The molecule has 1 aromatic heterocycles. The van der Waals surface area contributed by atoms with Crippen LogP contribution < -0.4 is 5.73 Å². The first kappa shape index (κ1) is 8.23. The van der Waals surface area contributed by atoms with Gasteiger partial charge >= 0.3 is 0 Å². The Kier molecular flexibility index (Phi) is 1.97. The second kappa shape index (κ2) is 2.64. The fourth-order valence-corrected chi connectivity index (χ4v) is 0.999. The molecule has 0 amide bonds. The number of aromatic amines is 1. The van der Waals surface area contributed by atoms with Gasteiger partial charge in [0.25, 0.3) is 0 Å². The molecule has 62 valence electrons. The van der Waals surface area contributed by atoms with E-state index in [1.165, 1.54) is 0 Å². The van der Waals surface area contributed by atoms with Crippen molar-refractivity contribution in [1.82, 2.24) is 9.97 Å². The van der Waals surface area contributed by atoms with Crippen LogP contribution in [0.3, 0.4) is 0 Å². The molecule has 11 heavy (non-hydrogen) atoms. The first-order valence-electron chi connectivity index (χ1n) is 3.51. The number of aromatic nitrogens is 2. The third kappa shape index (κ3) is 1.41. The van der Waals surface area contributed by atoms with Gasteiger partial charge in [0, 0.05) is 12.2 Å². The van der Waals surface area contributed by atoms with E-state index in [1.807, 2.05) is 6.92 Å². The Hall–Kier alpha value is -0.870. The summed E-state index contributed by atoms with van der Waals surface area (Å²) in [6, 6.07) is 0. The summed E-state index contributed by atoms with van der Waals surface area (Å²) in [5.41, 5.74) is 5.84. The first-order valence-corrected chi connectivity index (χ1v) is 3.51. The lowest BCUT2D eigenvalue weighted by Gasteiger charge is -2.19. The van der Waals surface area contributed by atoms with Crippen LogP contribution in [-0.2, 0) is 5.60 Å². The maximum atomic E-state index is 9.66. The second-order valence-corrected chi connectivity index (χ2v) is 2.85. The highest BCUT2D eigenvalue weighted by molar-refractivity contribution is 5.16. The van der Waals surface area contributed by atoms with E-state index >= 15 is 0 Å². The summed E-state index contributed by atoms with van der Waals surface area (Å²) in [4.78, 5) is 6.86. The highest BCUT2D eigenvalue weighted by Gasteiger charge is 2.25. The first-order chi connectivity index (χ1) is 5.08. The monoisotopic (exact) mass is 155 g/mol. The van der Waals surface area contributed by atoms with Crippen molar-refractivity contribution < 1.29 is 5.11 Å². The maximum Gasteiger partial charge on any atom is 0.118 e. The zero-order valence-electron chi connectivity index (χ0n) is 6.76. The second-order valence-electron chi connectivity index (χ2n) is 2.85. The molecule has 0 aliphatic rings. The third-order valence-corrected chi connectivity index (χ3v) is 1.74. The zero-order valence-corrected chi connectivity index (χ0v) is 6.76. The normalized spacial score (nSPS) is 16.4. The summed E-state index contributed by atoms with van der Waals surface area (Å²) in [7, 11) is 0. The molecule has 1 aromatic rings. The number of H-pyrrole nitrogens is 1. The molecule has 0 spiro atoms. The molecule has 1 heterocycles. The van der Waals surface area contributed by atoms with Crippen molar-refractivity contribution in [3.8, 4) is 0 Å². The van der Waals surface area contributed by atoms with Crippen molar-refractivity contribution in [2.24, 2.45) is 5.73 Å². The smallest absolute Gasteiger partial charge is 0.118 e. The van der Waals surface area contributed by atoms with E-state index in [-0.39, 0.29) is 6.54 Å². The van der Waals surface area contributed by atoms with Crippen LogP contribution in [-0.4, -0.2) is 21.6 Å². The minimum atomic E-state index is -1.01. The van der Waals surface area contributed by atoms with E-state index in [2.05, 4.69) is 9.97 Å². The summed E-state index contributed by atoms with van der Waals surface area (Å²) in [5.74, 6) is 0. The van der Waals surface area contributed by atoms with E-state index in [9.17, 15) is 5.11 Å². The Morgan fingerprint density at radius 3 is 2.82 bits per heavy atom. The molecule has 0 fully saturated rings. The Bertz CT molecular complexity index is 242. The van der Waals surface area contributed by atoms with Crippen LogP contribution in [0.25, 0.3) is 0 Å². The molecular formula is C7H13N3O. The van der Waals surface area contributed by atoms with Crippen LogP contribution in [0.15, 0.2) is 6.33 Å². The van der Waals surface area contributed by atoms with Crippen molar-refractivity contribution in [3.63, 3.8) is 0 Å². The van der Waals surface area contributed by atoms with Crippen molar-refractivity contribution >= 4 is 0 Å². The summed E-state index contributed by atoms with van der Waals surface area (Å²) >= 11 is 0. The highest BCUT2D eigenvalue weighted by Crippen LogP contribution is 2.18. The van der Waals surface area contributed by atoms with Gasteiger partial charge in [-0.25, -0.2) is 4.98 Å². The number of aryl methyl sites for hydroxylation is 1. The van der Waals surface area contributed by atoms with Crippen molar-refractivity contribution in [3.05, 3.63) is 17.7 Å². The van der Waals surface area contributed by atoms with Gasteiger partial charge in [0.2, 0.25) is 0 Å². The lowest BCUT2D eigenvalue weighted by molar-refractivity contribution is 0.0619. The number of nitrogens with one attached hydrogen (secondary N) is 1. The molecule has 0 saturated heterocycles. The minimum Gasteiger partial charge on any atom is -0.382 e. The SMILES string of the molecule is Cc1[nH]cnc1C(C)(O)CN. The molecule has 0 saturated carbocycles. The Morgan fingerprint density at radius 2 is 2.45 bits per heavy atom. The van der Waals surface area contributed by atoms with Crippen LogP contribution in [0.4, 0.5) is 0 Å². The average Bonchev–Trinajstić information content (AvgIpc) is 2.36. The quantitative estimate of drug-likeness (QED) is 0.557. The topological polar surface area (TPSA) is 74.9 Å². The summed E-state index contributed by atoms with van der Waals surface area (Å²) in [5, 5.41) is 9.66. The molecule has 4 nitrogen and oxygen atoms in total. The van der Waals surface area contributed by atoms with E-state index in [1.54, 1.807) is 13.3 Å². The van der Waals surface area contributed by atoms with Gasteiger partial charge in [0.15, 0.2) is 0 Å². The number of nitrogens with two attached hydrogens (primary N) is 1. The van der Waals surface area contributed by atoms with Crippen molar-refractivity contribution in [1.29, 1.82) is 0 Å². The van der Waals surface area contributed by atoms with Gasteiger partial charge < -0.3 is 15.8 Å². The predicted molar refractivity (Wildman–Crippen MR) is 41.9 cm³/mol. The number of aliphatic hydroxyl groups is 1. The van der Waals surface area contributed by atoms with Crippen LogP contribution in [0, 0.1) is 6.92 Å². The zero-order chi connectivity index (χ0) is 8.48. The van der Waals surface area contributed by atoms with Crippen LogP contribution in [0.5, 0.6) is 0 Å². The molecular weight excluding hydrogens is 142 g/mol. The molecule has 1 rings (SSSR count). The molecule has 0 bridgehead atoms. The van der Waals surface area contributed by atoms with Crippen LogP contribution in [0.2, 0.25) is 0 Å². The molecule has 0 aliphatic carbocycles. The largest absolute Gasteiger partial charge is 0.382 e. The van der Waals surface area contributed by atoms with Gasteiger partial charge in [-0.05, 0) is 13.8 Å². The van der Waals surface area contributed by atoms with E-state index in [0.717, 1.165) is 5.69 Å². The number of hydrogen-bond donors (Lipinski definition) is 3. The average molecular weight is 155 g/mol. The Morgan fingerprint density at radius 1 is 1.82 bits per heavy atom. The fourth-order valence-electron chi connectivity index (χ4n) is 0.999. The lowest BCUT2D eigenvalue weighted by atomic mass is 10.0. The van der Waals surface area contributed by atoms with E-state index < -0.39 is 5.60 Å². The predicted octanol–water partition coefficient (Wildman–Crippen LogP) is -0.116. The van der Waals surface area contributed by atoms with Gasteiger partial charge in [0.05, 0.1) is 12.0 Å². The number of hydrogen-bond acceptors (Lipinski definition) is 3. The van der Waals surface area contributed by atoms with Gasteiger partial charge in [-0.3, -0.25) is 0 Å². The van der Waals surface area contributed by atoms with Gasteiger partial charge in [0.1, 0.15) is 5.60 Å². The van der Waals surface area contributed by atoms with Crippen LogP contribution >= 0.6 is 0 Å². The molecule has 0 aromatic carbocycles. The maximum absolute atomic E-state index is 9.66. The number of imidazole rings is 1. The number of rotatable bonds is 2. The number of nitrogens with zero attached hydrogens (tertiary/aromatic N) is 1. The van der Waals surface area contributed by atoms with Gasteiger partial charge in [-0.1, -0.05) is 0 Å². The van der Waals surface area contributed by atoms with Crippen molar-refractivity contribution in [2.75, 3.05) is 6.54 Å². The van der Waals surface area contributed by atoms with Crippen molar-refractivity contribution in [2.45, 2.75) is 19.4 Å². The standard InChI is InChI=1S/C7H13N3O/c1-5-6(10-4-9-5)7(2,11)3-8/h4,11H,3,8H2,1-2H3,(H,9,10). The molecule has 4 heteroatoms. The van der Waals surface area contributed by atoms with Gasteiger partial charge in [-0.2, -0.15) is 0 Å². The summed E-state index contributed by atoms with van der Waals surface area (Å²) < 4.78 is 0. The van der Waals surface area contributed by atoms with E-state index in [0.29, 0.717) is 5.69 Å². The summed E-state index contributed by atoms with van der Waals surface area (Å²) in [6.45, 7) is 3.68. The minimum absolute atomic E-state index is 0.179. The Labute approximate surface area is 65.5 Å².